The molecule has 0 saturated heterocycles. The Bertz CT molecular complexity index is 318. The molecule has 0 radical (unpaired) electrons. The van der Waals surface area contributed by atoms with E-state index in [2.05, 4.69) is 0 Å². The molecule has 16 heavy (non-hydrogen) atoms. The maximum absolute atomic E-state index is 13.0. The number of nitrogens with two attached hydrogens (primary N) is 1. The number of rotatable bonds is 7. The first kappa shape index (κ1) is 12.9. The van der Waals surface area contributed by atoms with Gasteiger partial charge in [0.25, 0.3) is 0 Å². The number of methoxy groups -OCH3 is 1. The van der Waals surface area contributed by atoms with Crippen LogP contribution in [-0.2, 0) is 11.2 Å². The summed E-state index contributed by atoms with van der Waals surface area (Å²) in [5.41, 5.74) is 6.28. The molecular formula is C12H18FNO2. The van der Waals surface area contributed by atoms with Crippen LogP contribution < -0.4 is 10.5 Å². The highest BCUT2D eigenvalue weighted by atomic mass is 19.1. The van der Waals surface area contributed by atoms with E-state index < -0.39 is 0 Å². The second-order valence-electron chi connectivity index (χ2n) is 3.49. The van der Waals surface area contributed by atoms with Gasteiger partial charge in [-0.3, -0.25) is 0 Å². The highest BCUT2D eigenvalue weighted by molar-refractivity contribution is 5.34. The predicted octanol–water partition coefficient (Wildman–Crippen LogP) is 1.74. The van der Waals surface area contributed by atoms with Gasteiger partial charge in [-0.1, -0.05) is 0 Å². The molecule has 0 aliphatic rings. The van der Waals surface area contributed by atoms with E-state index in [1.54, 1.807) is 13.2 Å². The van der Waals surface area contributed by atoms with Crippen LogP contribution in [0, 0.1) is 5.82 Å². The second-order valence-corrected chi connectivity index (χ2v) is 3.49. The van der Waals surface area contributed by atoms with E-state index in [4.69, 9.17) is 15.2 Å². The molecule has 2 N–H and O–H groups in total. The SMILES string of the molecule is COCCCOc1ccc(F)cc1CCN. The Hall–Kier alpha value is -1.13. The van der Waals surface area contributed by atoms with Gasteiger partial charge < -0.3 is 15.2 Å². The fourth-order valence-corrected chi connectivity index (χ4v) is 1.43. The summed E-state index contributed by atoms with van der Waals surface area (Å²) in [6, 6.07) is 4.51. The Morgan fingerprint density at radius 2 is 2.12 bits per heavy atom. The normalized spacial score (nSPS) is 10.4. The highest BCUT2D eigenvalue weighted by Crippen LogP contribution is 2.20. The fourth-order valence-electron chi connectivity index (χ4n) is 1.43. The molecule has 0 fully saturated rings. The van der Waals surface area contributed by atoms with E-state index in [1.165, 1.54) is 12.1 Å². The third-order valence-electron chi connectivity index (χ3n) is 2.19. The Kier molecular flexibility index (Phi) is 5.82. The zero-order valence-corrected chi connectivity index (χ0v) is 9.54. The lowest BCUT2D eigenvalue weighted by molar-refractivity contribution is 0.172. The van der Waals surface area contributed by atoms with Crippen molar-refractivity contribution in [3.8, 4) is 5.75 Å². The molecule has 1 aromatic rings. The van der Waals surface area contributed by atoms with Crippen LogP contribution in [-0.4, -0.2) is 26.9 Å². The number of halogens is 1. The van der Waals surface area contributed by atoms with Crippen molar-refractivity contribution in [3.05, 3.63) is 29.6 Å². The van der Waals surface area contributed by atoms with Crippen molar-refractivity contribution < 1.29 is 13.9 Å². The molecule has 0 atom stereocenters. The van der Waals surface area contributed by atoms with E-state index in [0.29, 0.717) is 31.9 Å². The molecule has 1 aromatic carbocycles. The molecule has 0 aliphatic heterocycles. The molecule has 0 spiro atoms. The Balaban J connectivity index is 2.56. The monoisotopic (exact) mass is 227 g/mol. The van der Waals surface area contributed by atoms with Crippen molar-refractivity contribution in [2.45, 2.75) is 12.8 Å². The van der Waals surface area contributed by atoms with Gasteiger partial charge in [0.05, 0.1) is 6.61 Å². The van der Waals surface area contributed by atoms with Gasteiger partial charge in [0, 0.05) is 20.1 Å². The molecule has 0 amide bonds. The van der Waals surface area contributed by atoms with Gasteiger partial charge >= 0.3 is 0 Å². The summed E-state index contributed by atoms with van der Waals surface area (Å²) in [5.74, 6) is 0.454. The van der Waals surface area contributed by atoms with Crippen molar-refractivity contribution in [1.82, 2.24) is 0 Å². The van der Waals surface area contributed by atoms with Crippen LogP contribution in [0.4, 0.5) is 4.39 Å². The van der Waals surface area contributed by atoms with E-state index in [-0.39, 0.29) is 5.82 Å². The molecule has 0 heterocycles. The average molecular weight is 227 g/mol. The van der Waals surface area contributed by atoms with Crippen LogP contribution in [0.2, 0.25) is 0 Å². The van der Waals surface area contributed by atoms with E-state index in [9.17, 15) is 4.39 Å². The van der Waals surface area contributed by atoms with Crippen molar-refractivity contribution in [3.63, 3.8) is 0 Å². The van der Waals surface area contributed by atoms with Crippen LogP contribution in [0.5, 0.6) is 5.75 Å². The van der Waals surface area contributed by atoms with Crippen molar-refractivity contribution >= 4 is 0 Å². The minimum absolute atomic E-state index is 0.257. The Morgan fingerprint density at radius 1 is 1.31 bits per heavy atom. The molecule has 0 bridgehead atoms. The topological polar surface area (TPSA) is 44.5 Å². The second kappa shape index (κ2) is 7.19. The maximum atomic E-state index is 13.0. The molecule has 3 nitrogen and oxygen atoms in total. The quantitative estimate of drug-likeness (QED) is 0.722. The summed E-state index contributed by atoms with van der Waals surface area (Å²) < 4.78 is 23.5. The van der Waals surface area contributed by atoms with Crippen LogP contribution in [0.15, 0.2) is 18.2 Å². The largest absolute Gasteiger partial charge is 0.493 e. The lowest BCUT2D eigenvalue weighted by Gasteiger charge is -2.10. The molecule has 0 saturated carbocycles. The van der Waals surface area contributed by atoms with Crippen molar-refractivity contribution in [2.24, 2.45) is 5.73 Å². The van der Waals surface area contributed by atoms with Gasteiger partial charge in [-0.2, -0.15) is 0 Å². The summed E-state index contributed by atoms with van der Waals surface area (Å²) in [4.78, 5) is 0. The zero-order chi connectivity index (χ0) is 11.8. The first-order valence-electron chi connectivity index (χ1n) is 5.38. The van der Waals surface area contributed by atoms with Crippen molar-refractivity contribution in [1.29, 1.82) is 0 Å². The molecule has 90 valence electrons. The standard InChI is InChI=1S/C12H18FNO2/c1-15-7-2-8-16-12-4-3-11(13)9-10(12)5-6-14/h3-4,9H,2,5-8,14H2,1H3. The van der Waals surface area contributed by atoms with Crippen LogP contribution in [0.3, 0.4) is 0 Å². The summed E-state index contributed by atoms with van der Waals surface area (Å²) >= 11 is 0. The summed E-state index contributed by atoms with van der Waals surface area (Å²) in [7, 11) is 1.65. The minimum Gasteiger partial charge on any atom is -0.493 e. The number of ether oxygens (including phenoxy) is 2. The average Bonchev–Trinajstić information content (AvgIpc) is 2.27. The van der Waals surface area contributed by atoms with Crippen LogP contribution >= 0.6 is 0 Å². The van der Waals surface area contributed by atoms with Crippen LogP contribution in [0.1, 0.15) is 12.0 Å². The lowest BCUT2D eigenvalue weighted by atomic mass is 10.1. The third-order valence-corrected chi connectivity index (χ3v) is 2.19. The molecule has 1 rings (SSSR count). The third kappa shape index (κ3) is 4.16. The Morgan fingerprint density at radius 3 is 2.81 bits per heavy atom. The molecule has 0 aliphatic carbocycles. The molecule has 0 aromatic heterocycles. The zero-order valence-electron chi connectivity index (χ0n) is 9.54. The highest BCUT2D eigenvalue weighted by Gasteiger charge is 2.04. The summed E-state index contributed by atoms with van der Waals surface area (Å²) in [6.45, 7) is 1.71. The maximum Gasteiger partial charge on any atom is 0.123 e. The molecular weight excluding hydrogens is 209 g/mol. The first-order chi connectivity index (χ1) is 7.77. The minimum atomic E-state index is -0.257. The van der Waals surface area contributed by atoms with Gasteiger partial charge in [0.15, 0.2) is 0 Å². The smallest absolute Gasteiger partial charge is 0.123 e. The van der Waals surface area contributed by atoms with Crippen LogP contribution in [0.25, 0.3) is 0 Å². The van der Waals surface area contributed by atoms with Gasteiger partial charge in [-0.25, -0.2) is 4.39 Å². The fraction of sp³-hybridized carbons (Fsp3) is 0.500. The van der Waals surface area contributed by atoms with Crippen molar-refractivity contribution in [2.75, 3.05) is 26.9 Å². The number of hydrogen-bond donors (Lipinski definition) is 1. The predicted molar refractivity (Wildman–Crippen MR) is 61.1 cm³/mol. The van der Waals surface area contributed by atoms with E-state index in [1.807, 2.05) is 0 Å². The molecule has 4 heteroatoms. The number of hydrogen-bond acceptors (Lipinski definition) is 3. The van der Waals surface area contributed by atoms with Gasteiger partial charge in [0.1, 0.15) is 11.6 Å². The summed E-state index contributed by atoms with van der Waals surface area (Å²) in [5, 5.41) is 0. The molecule has 0 unspecified atom stereocenters. The Labute approximate surface area is 95.4 Å². The van der Waals surface area contributed by atoms with E-state index >= 15 is 0 Å². The lowest BCUT2D eigenvalue weighted by Crippen LogP contribution is -2.07. The van der Waals surface area contributed by atoms with Gasteiger partial charge in [-0.15, -0.1) is 0 Å². The van der Waals surface area contributed by atoms with Gasteiger partial charge in [0.2, 0.25) is 0 Å². The first-order valence-corrected chi connectivity index (χ1v) is 5.38. The summed E-state index contributed by atoms with van der Waals surface area (Å²) in [6.07, 6.45) is 1.44. The van der Waals surface area contributed by atoms with Gasteiger partial charge in [-0.05, 0) is 36.7 Å². The van der Waals surface area contributed by atoms with E-state index in [0.717, 1.165) is 12.0 Å². The number of benzene rings is 1.